The Morgan fingerprint density at radius 3 is 0.895 bits per heavy atom. The van der Waals surface area contributed by atoms with Gasteiger partial charge in [-0.15, -0.1) is 0 Å². The highest BCUT2D eigenvalue weighted by atomic mass is 15.1. The van der Waals surface area contributed by atoms with Gasteiger partial charge in [0.25, 0.3) is 0 Å². The number of hydrogen-bond donors (Lipinski definition) is 0. The Kier molecular flexibility index (Phi) is 12.5. The normalized spacial score (nSPS) is 12.8. The molecule has 0 N–H and O–H groups in total. The third kappa shape index (κ3) is 8.57. The molecule has 7 heterocycles. The van der Waals surface area contributed by atoms with E-state index in [-0.39, 0.29) is 21.7 Å². The third-order valence-electron chi connectivity index (χ3n) is 20.3. The van der Waals surface area contributed by atoms with E-state index in [9.17, 15) is 5.26 Å². The molecule has 0 amide bonds. The zero-order valence-electron chi connectivity index (χ0n) is 56.0. The van der Waals surface area contributed by atoms with Gasteiger partial charge < -0.3 is 18.3 Å². The number of nitriles is 1. The summed E-state index contributed by atoms with van der Waals surface area (Å²) < 4.78 is 12.2. The second kappa shape index (κ2) is 20.5. The summed E-state index contributed by atoms with van der Waals surface area (Å²) in [5, 5.41) is 24.4. The van der Waals surface area contributed by atoms with Gasteiger partial charge in [-0.3, -0.25) is 4.57 Å². The predicted molar refractivity (Wildman–Crippen MR) is 399 cm³/mol. The number of fused-ring (bicyclic) bond motifs is 15. The van der Waals surface area contributed by atoms with Crippen molar-refractivity contribution in [2.75, 3.05) is 0 Å². The molecule has 17 rings (SSSR count). The lowest BCUT2D eigenvalue weighted by atomic mass is 9.86. The van der Waals surface area contributed by atoms with Gasteiger partial charge in [-0.05, 0) is 147 Å². The number of nitrogens with zero attached hydrogens (tertiary/aromatic N) is 8. The van der Waals surface area contributed by atoms with Crippen molar-refractivity contribution >= 4 is 109 Å². The van der Waals surface area contributed by atoms with Crippen LogP contribution in [0.4, 0.5) is 0 Å². The van der Waals surface area contributed by atoms with Gasteiger partial charge in [0.2, 0.25) is 0 Å². The van der Waals surface area contributed by atoms with Gasteiger partial charge in [0, 0.05) is 77.4 Å². The van der Waals surface area contributed by atoms with E-state index in [2.05, 4.69) is 318 Å². The highest BCUT2D eigenvalue weighted by Crippen LogP contribution is 2.54. The number of pyridine rings is 2. The summed E-state index contributed by atoms with van der Waals surface area (Å²) in [4.78, 5) is 10.6. The van der Waals surface area contributed by atoms with Crippen molar-refractivity contribution < 1.29 is 0 Å². The smallest absolute Gasteiger partial charge is 0.146 e. The average molecular weight is 1230 g/mol. The lowest BCUT2D eigenvalue weighted by molar-refractivity contribution is 0.591. The molecule has 0 bridgehead atoms. The van der Waals surface area contributed by atoms with Gasteiger partial charge >= 0.3 is 0 Å². The van der Waals surface area contributed by atoms with Crippen molar-refractivity contribution in [3.63, 3.8) is 0 Å². The molecule has 17 aromatic rings. The lowest BCUT2D eigenvalue weighted by Gasteiger charge is -2.30. The molecule has 95 heavy (non-hydrogen) atoms. The van der Waals surface area contributed by atoms with E-state index in [1.165, 1.54) is 22.3 Å². The molecule has 0 fully saturated rings. The van der Waals surface area contributed by atoms with Crippen LogP contribution in [0.2, 0.25) is 0 Å². The summed E-state index contributed by atoms with van der Waals surface area (Å²) in [5.41, 5.74) is 20.3. The van der Waals surface area contributed by atoms with Crippen molar-refractivity contribution in [1.29, 1.82) is 5.26 Å². The Morgan fingerprint density at radius 2 is 0.568 bits per heavy atom. The molecular weight excluding hydrogens is 1160 g/mol. The van der Waals surface area contributed by atoms with Crippen molar-refractivity contribution in [2.24, 2.45) is 0 Å². The fourth-order valence-electron chi connectivity index (χ4n) is 15.4. The molecule has 462 valence electrons. The summed E-state index contributed by atoms with van der Waals surface area (Å²) in [5.74, 6) is 0. The molecule has 0 saturated heterocycles. The van der Waals surface area contributed by atoms with Crippen LogP contribution in [0.25, 0.3) is 149 Å². The molecule has 8 nitrogen and oxygen atoms in total. The molecule has 0 unspecified atom stereocenters. The molecule has 8 heteroatoms. The lowest BCUT2D eigenvalue weighted by Crippen LogP contribution is -2.17. The first-order valence-electron chi connectivity index (χ1n) is 33.3. The van der Waals surface area contributed by atoms with Crippen LogP contribution in [0, 0.1) is 11.3 Å². The first-order valence-corrected chi connectivity index (χ1v) is 33.3. The van der Waals surface area contributed by atoms with Crippen LogP contribution < -0.4 is 0 Å². The van der Waals surface area contributed by atoms with Crippen molar-refractivity contribution in [2.45, 2.75) is 105 Å². The molecule has 0 aliphatic carbocycles. The number of benzene rings is 10. The number of rotatable bonds is 6. The first-order chi connectivity index (χ1) is 45.7. The molecule has 0 radical (unpaired) electrons. The molecule has 7 aromatic heterocycles. The van der Waals surface area contributed by atoms with E-state index in [0.717, 1.165) is 149 Å². The molecule has 10 aromatic carbocycles. The van der Waals surface area contributed by atoms with Gasteiger partial charge in [-0.25, -0.2) is 9.97 Å². The van der Waals surface area contributed by atoms with E-state index < -0.39 is 0 Å². The Morgan fingerprint density at radius 1 is 0.284 bits per heavy atom. The molecule has 0 spiro atoms. The van der Waals surface area contributed by atoms with E-state index in [1.54, 1.807) is 0 Å². The summed E-state index contributed by atoms with van der Waals surface area (Å²) >= 11 is 0. The van der Waals surface area contributed by atoms with Gasteiger partial charge in [-0.2, -0.15) is 5.26 Å². The zero-order valence-corrected chi connectivity index (χ0v) is 56.0. The molecule has 0 atom stereocenters. The van der Waals surface area contributed by atoms with Crippen LogP contribution in [-0.2, 0) is 21.7 Å². The fourth-order valence-corrected chi connectivity index (χ4v) is 15.4. The van der Waals surface area contributed by atoms with Crippen LogP contribution in [0.5, 0.6) is 0 Å². The molecular formula is C87H74N8. The summed E-state index contributed by atoms with van der Waals surface area (Å²) in [6.07, 6.45) is 3.79. The fraction of sp³-hybridized carbons (Fsp3) is 0.184. The van der Waals surface area contributed by atoms with Gasteiger partial charge in [0.15, 0.2) is 0 Å². The maximum Gasteiger partial charge on any atom is 0.146 e. The van der Waals surface area contributed by atoms with Crippen molar-refractivity contribution in [3.05, 3.63) is 259 Å². The Labute approximate surface area is 553 Å². The van der Waals surface area contributed by atoms with E-state index >= 15 is 0 Å². The quantitative estimate of drug-likeness (QED) is 0.166. The van der Waals surface area contributed by atoms with Crippen LogP contribution in [0.3, 0.4) is 0 Å². The topological polar surface area (TPSA) is 74.2 Å². The van der Waals surface area contributed by atoms with E-state index in [4.69, 9.17) is 9.97 Å². The second-order valence-corrected chi connectivity index (χ2v) is 30.2. The standard InChI is InChI=1S/C87H74N8/c1-84(2,3)52-37-41-73-63(47-52)56-25-13-18-32-68(56)91(73)78-67(51-88)79(92-69-33-19-14-26-57(69)64-48-53(85(4,5)6)38-42-74(64)92)81(94-71-35-21-16-28-59(71)66-50-55(87(10,11)12)40-44-76(66)94)77(80(78)93-70-34-20-15-27-58(70)65-49-54(86(7,8)9)39-43-75(65)93)62-29-17-22-36-72(62)95-82-60(30-23-45-89-82)61-31-24-46-90-83(61)95/h13-50H,1-12H3. The summed E-state index contributed by atoms with van der Waals surface area (Å²) in [6, 6.07) is 84.1. The summed E-state index contributed by atoms with van der Waals surface area (Å²) in [7, 11) is 0. The van der Waals surface area contributed by atoms with Crippen LogP contribution in [-0.4, -0.2) is 32.8 Å². The van der Waals surface area contributed by atoms with Crippen LogP contribution in [0.15, 0.2) is 231 Å². The number of para-hydroxylation sites is 5. The maximum absolute atomic E-state index is 13.5. The largest absolute Gasteiger partial charge is 0.306 e. The minimum absolute atomic E-state index is 0.156. The predicted octanol–water partition coefficient (Wildman–Crippen LogP) is 22.7. The van der Waals surface area contributed by atoms with Crippen LogP contribution >= 0.6 is 0 Å². The molecule has 0 aliphatic rings. The number of hydrogen-bond acceptors (Lipinski definition) is 3. The Bertz CT molecular complexity index is 5810. The number of aromatic nitrogens is 7. The SMILES string of the molecule is CC(C)(C)c1ccc2c(c1)c1ccccc1n2-c1c(C#N)c(-n2c3ccccc3c3cc(C(C)(C)C)ccc32)c(-n2c3ccccc3c3cc(C(C)(C)C)ccc32)c(-c2ccccc2-n2c3ncccc3c3cccnc32)c1-n1c2ccccc2c2cc(C(C)(C)C)ccc21. The maximum atomic E-state index is 13.5. The molecule has 0 aliphatic heterocycles. The third-order valence-corrected chi connectivity index (χ3v) is 20.3. The molecule has 0 saturated carbocycles. The Hall–Kier alpha value is -11.0. The van der Waals surface area contributed by atoms with Gasteiger partial charge in [-0.1, -0.05) is 198 Å². The van der Waals surface area contributed by atoms with Crippen molar-refractivity contribution in [1.82, 2.24) is 32.8 Å². The van der Waals surface area contributed by atoms with Crippen molar-refractivity contribution in [3.8, 4) is 45.6 Å². The van der Waals surface area contributed by atoms with E-state index in [1.807, 2.05) is 24.5 Å². The highest BCUT2D eigenvalue weighted by Gasteiger charge is 2.37. The van der Waals surface area contributed by atoms with Crippen LogP contribution in [0.1, 0.15) is 111 Å². The summed E-state index contributed by atoms with van der Waals surface area (Å²) in [6.45, 7) is 27.5. The zero-order chi connectivity index (χ0) is 65.4. The monoisotopic (exact) mass is 1230 g/mol. The Balaban J connectivity index is 1.23. The van der Waals surface area contributed by atoms with Gasteiger partial charge in [0.1, 0.15) is 22.9 Å². The second-order valence-electron chi connectivity index (χ2n) is 30.2. The van der Waals surface area contributed by atoms with Gasteiger partial charge in [0.05, 0.1) is 72.6 Å². The minimum Gasteiger partial charge on any atom is -0.306 e. The first kappa shape index (κ1) is 57.9. The van der Waals surface area contributed by atoms with E-state index in [0.29, 0.717) is 5.56 Å². The minimum atomic E-state index is -0.159. The average Bonchev–Trinajstić information content (AvgIpc) is 1.59. The highest BCUT2D eigenvalue weighted by molar-refractivity contribution is 6.18.